The van der Waals surface area contributed by atoms with Crippen molar-refractivity contribution in [3.8, 4) is 17.3 Å². The molecule has 0 radical (unpaired) electrons. The molecule has 4 rings (SSSR count). The topological polar surface area (TPSA) is 87.6 Å². The lowest BCUT2D eigenvalue weighted by Crippen LogP contribution is -2.38. The predicted octanol–water partition coefficient (Wildman–Crippen LogP) is 4.24. The first-order valence-corrected chi connectivity index (χ1v) is 10.2. The third-order valence-electron chi connectivity index (χ3n) is 5.18. The van der Waals surface area contributed by atoms with E-state index in [0.717, 1.165) is 23.8 Å². The molecule has 0 saturated heterocycles. The highest BCUT2D eigenvalue weighted by atomic mass is 32.1. The van der Waals surface area contributed by atoms with Crippen LogP contribution in [0.5, 0.6) is 0 Å². The number of aromatic nitrogens is 4. The summed E-state index contributed by atoms with van der Waals surface area (Å²) in [6.45, 7) is 1.57. The van der Waals surface area contributed by atoms with Crippen molar-refractivity contribution in [2.45, 2.75) is 25.0 Å². The van der Waals surface area contributed by atoms with Crippen LogP contribution in [0, 0.1) is 23.0 Å². The summed E-state index contributed by atoms with van der Waals surface area (Å²) in [4.78, 5) is 8.49. The highest BCUT2D eigenvalue weighted by Crippen LogP contribution is 2.41. The van der Waals surface area contributed by atoms with Crippen LogP contribution in [0.3, 0.4) is 0 Å². The lowest BCUT2D eigenvalue weighted by Gasteiger charge is -2.33. The average Bonchev–Trinajstić information content (AvgIpc) is 3.47. The Morgan fingerprint density at radius 3 is 2.68 bits per heavy atom. The number of nitriles is 1. The minimum Gasteiger partial charge on any atom is -0.382 e. The van der Waals surface area contributed by atoms with Crippen LogP contribution in [-0.4, -0.2) is 24.9 Å². The van der Waals surface area contributed by atoms with Crippen molar-refractivity contribution in [1.29, 1.82) is 5.26 Å². The fraction of sp³-hybridized carbons (Fsp3) is 0.182. The average molecular weight is 437 g/mol. The molecule has 9 heteroatoms. The van der Waals surface area contributed by atoms with Gasteiger partial charge in [0.1, 0.15) is 29.9 Å². The number of hydrogen-bond acceptors (Lipinski definition) is 6. The van der Waals surface area contributed by atoms with Crippen molar-refractivity contribution >= 4 is 11.3 Å². The standard InChI is InChI=1S/C22H17F2N5OS/c1-14(21-28-20(10-31-21)16-4-2-15(9-25)3-5-16)22(30,11-29-13-26-12-27-29)18-8-17(23)6-7-19(18)24/h2-8,10,12-14,30H,11H2,1H3/t14-,22+/m1/s1. The molecule has 156 valence electrons. The minimum absolute atomic E-state index is 0.139. The Morgan fingerprint density at radius 2 is 2.00 bits per heavy atom. The summed E-state index contributed by atoms with van der Waals surface area (Å²) >= 11 is 1.31. The molecule has 0 unspecified atom stereocenters. The molecule has 0 amide bonds. The first-order valence-electron chi connectivity index (χ1n) is 9.37. The number of hydrogen-bond donors (Lipinski definition) is 1. The lowest BCUT2D eigenvalue weighted by atomic mass is 9.82. The second kappa shape index (κ2) is 8.34. The predicted molar refractivity (Wildman–Crippen MR) is 111 cm³/mol. The SMILES string of the molecule is C[C@H](c1nc(-c2ccc(C#N)cc2)cs1)[C@@](O)(Cn1cncn1)c1cc(F)ccc1F. The van der Waals surface area contributed by atoms with E-state index in [9.17, 15) is 13.9 Å². The summed E-state index contributed by atoms with van der Waals surface area (Å²) in [5.74, 6) is -2.07. The Labute approximate surface area is 181 Å². The van der Waals surface area contributed by atoms with E-state index in [2.05, 4.69) is 21.1 Å². The smallest absolute Gasteiger partial charge is 0.137 e. The molecule has 6 nitrogen and oxygen atoms in total. The third-order valence-corrected chi connectivity index (χ3v) is 6.21. The number of thiazole rings is 1. The summed E-state index contributed by atoms with van der Waals surface area (Å²) < 4.78 is 30.0. The second-order valence-corrected chi connectivity index (χ2v) is 8.01. The molecule has 0 aliphatic rings. The van der Waals surface area contributed by atoms with E-state index < -0.39 is 23.2 Å². The number of benzene rings is 2. The Morgan fingerprint density at radius 1 is 1.23 bits per heavy atom. The molecule has 2 aromatic carbocycles. The lowest BCUT2D eigenvalue weighted by molar-refractivity contribution is -0.0114. The molecule has 0 saturated carbocycles. The van der Waals surface area contributed by atoms with Gasteiger partial charge in [0.25, 0.3) is 0 Å². The summed E-state index contributed by atoms with van der Waals surface area (Å²) in [6, 6.07) is 12.0. The van der Waals surface area contributed by atoms with Gasteiger partial charge in [-0.15, -0.1) is 11.3 Å². The van der Waals surface area contributed by atoms with Crippen molar-refractivity contribution in [1.82, 2.24) is 19.7 Å². The highest BCUT2D eigenvalue weighted by Gasteiger charge is 2.41. The molecular weight excluding hydrogens is 420 g/mol. The molecule has 2 atom stereocenters. The Hall–Kier alpha value is -3.48. The van der Waals surface area contributed by atoms with Gasteiger partial charge < -0.3 is 5.11 Å². The van der Waals surface area contributed by atoms with Crippen LogP contribution in [0.1, 0.15) is 29.0 Å². The fourth-order valence-corrected chi connectivity index (χ4v) is 4.36. The van der Waals surface area contributed by atoms with Crippen LogP contribution in [0.4, 0.5) is 8.78 Å². The van der Waals surface area contributed by atoms with E-state index in [4.69, 9.17) is 5.26 Å². The van der Waals surface area contributed by atoms with Crippen molar-refractivity contribution in [2.24, 2.45) is 0 Å². The maximum atomic E-state index is 14.7. The molecule has 0 aliphatic heterocycles. The van der Waals surface area contributed by atoms with Crippen LogP contribution < -0.4 is 0 Å². The number of halogens is 2. The van der Waals surface area contributed by atoms with Crippen molar-refractivity contribution in [2.75, 3.05) is 0 Å². The van der Waals surface area contributed by atoms with Crippen LogP contribution in [-0.2, 0) is 12.1 Å². The molecule has 31 heavy (non-hydrogen) atoms. The van der Waals surface area contributed by atoms with E-state index in [1.54, 1.807) is 31.2 Å². The van der Waals surface area contributed by atoms with E-state index in [0.29, 0.717) is 16.3 Å². The fourth-order valence-electron chi connectivity index (χ4n) is 3.38. The molecule has 0 aliphatic carbocycles. The Kier molecular flexibility index (Phi) is 5.59. The van der Waals surface area contributed by atoms with Crippen LogP contribution in [0.2, 0.25) is 0 Å². The second-order valence-electron chi connectivity index (χ2n) is 7.12. The maximum Gasteiger partial charge on any atom is 0.137 e. The van der Waals surface area contributed by atoms with Gasteiger partial charge in [-0.1, -0.05) is 19.1 Å². The molecule has 0 spiro atoms. The van der Waals surface area contributed by atoms with Gasteiger partial charge in [0, 0.05) is 22.4 Å². The molecule has 0 bridgehead atoms. The largest absolute Gasteiger partial charge is 0.382 e. The summed E-state index contributed by atoms with van der Waals surface area (Å²) in [6.07, 6.45) is 2.71. The minimum atomic E-state index is -1.83. The van der Waals surface area contributed by atoms with Gasteiger partial charge in [-0.3, -0.25) is 0 Å². The van der Waals surface area contributed by atoms with Gasteiger partial charge in [0.2, 0.25) is 0 Å². The van der Waals surface area contributed by atoms with E-state index in [1.165, 1.54) is 28.7 Å². The van der Waals surface area contributed by atoms with Crippen molar-refractivity contribution in [3.05, 3.63) is 88.3 Å². The quantitative estimate of drug-likeness (QED) is 0.487. The van der Waals surface area contributed by atoms with Gasteiger partial charge in [-0.25, -0.2) is 23.4 Å². The van der Waals surface area contributed by atoms with Gasteiger partial charge in [-0.2, -0.15) is 10.4 Å². The molecular formula is C22H17F2N5OS. The maximum absolute atomic E-state index is 14.7. The van der Waals surface area contributed by atoms with Crippen LogP contribution in [0.25, 0.3) is 11.3 Å². The Bertz CT molecular complexity index is 1230. The summed E-state index contributed by atoms with van der Waals surface area (Å²) in [5.41, 5.74) is 0.00578. The molecule has 2 aromatic heterocycles. The van der Waals surface area contributed by atoms with Gasteiger partial charge in [0.15, 0.2) is 0 Å². The van der Waals surface area contributed by atoms with Gasteiger partial charge in [-0.05, 0) is 30.3 Å². The van der Waals surface area contributed by atoms with Crippen molar-refractivity contribution < 1.29 is 13.9 Å². The number of nitrogens with zero attached hydrogens (tertiary/aromatic N) is 5. The molecule has 2 heterocycles. The van der Waals surface area contributed by atoms with Gasteiger partial charge >= 0.3 is 0 Å². The third kappa shape index (κ3) is 4.08. The molecule has 0 fully saturated rings. The van der Waals surface area contributed by atoms with E-state index in [1.807, 2.05) is 5.38 Å². The van der Waals surface area contributed by atoms with Crippen LogP contribution in [0.15, 0.2) is 60.5 Å². The normalized spacial score (nSPS) is 14.0. The molecule has 4 aromatic rings. The number of rotatable bonds is 6. The monoisotopic (exact) mass is 437 g/mol. The van der Waals surface area contributed by atoms with E-state index in [-0.39, 0.29) is 12.1 Å². The first-order chi connectivity index (χ1) is 14.9. The van der Waals surface area contributed by atoms with E-state index >= 15 is 0 Å². The number of aliphatic hydroxyl groups is 1. The first kappa shape index (κ1) is 20.8. The zero-order valence-corrected chi connectivity index (χ0v) is 17.2. The summed E-state index contributed by atoms with van der Waals surface area (Å²) in [7, 11) is 0. The van der Waals surface area contributed by atoms with Crippen molar-refractivity contribution in [3.63, 3.8) is 0 Å². The highest BCUT2D eigenvalue weighted by molar-refractivity contribution is 7.10. The molecule has 1 N–H and O–H groups in total. The zero-order chi connectivity index (χ0) is 22.0. The van der Waals surface area contributed by atoms with Crippen LogP contribution >= 0.6 is 11.3 Å². The Balaban J connectivity index is 1.74. The summed E-state index contributed by atoms with van der Waals surface area (Å²) in [5, 5.41) is 27.0. The van der Waals surface area contributed by atoms with Gasteiger partial charge in [0.05, 0.1) is 28.9 Å². The zero-order valence-electron chi connectivity index (χ0n) is 16.4.